The van der Waals surface area contributed by atoms with E-state index in [2.05, 4.69) is 10.1 Å². The number of alkyl carbamates (subject to hydrolysis) is 1. The van der Waals surface area contributed by atoms with Crippen LogP contribution in [0.25, 0.3) is 0 Å². The van der Waals surface area contributed by atoms with Crippen molar-refractivity contribution >= 4 is 12.0 Å². The molecule has 8 heteroatoms. The van der Waals surface area contributed by atoms with E-state index >= 15 is 0 Å². The van der Waals surface area contributed by atoms with E-state index in [9.17, 15) is 22.8 Å². The zero-order chi connectivity index (χ0) is 17.5. The molecule has 5 nitrogen and oxygen atoms in total. The molecule has 0 atom stereocenters. The third-order valence-corrected chi connectivity index (χ3v) is 2.98. The minimum atomic E-state index is -4.41. The molecule has 128 valence electrons. The Morgan fingerprint density at radius 1 is 1.30 bits per heavy atom. The van der Waals surface area contributed by atoms with Crippen molar-refractivity contribution in [3.8, 4) is 0 Å². The van der Waals surface area contributed by atoms with E-state index in [4.69, 9.17) is 0 Å². The number of benzene rings is 1. The lowest BCUT2D eigenvalue weighted by Crippen LogP contribution is -2.32. The number of hydrogen-bond acceptors (Lipinski definition) is 3. The SMILES string of the molecule is CCOC(=O)NCCC(=O)N(C)Cc1cccc(C(F)(F)F)c1. The fourth-order valence-electron chi connectivity index (χ4n) is 1.85. The molecular weight excluding hydrogens is 313 g/mol. The van der Waals surface area contributed by atoms with Crippen LogP contribution in [-0.4, -0.2) is 37.1 Å². The molecule has 0 aliphatic carbocycles. The van der Waals surface area contributed by atoms with Crippen LogP contribution >= 0.6 is 0 Å². The van der Waals surface area contributed by atoms with Crippen LogP contribution in [0.15, 0.2) is 24.3 Å². The Labute approximate surface area is 132 Å². The summed E-state index contributed by atoms with van der Waals surface area (Å²) in [6.45, 7) is 2.05. The van der Waals surface area contributed by atoms with Crippen molar-refractivity contribution < 1.29 is 27.5 Å². The molecule has 1 rings (SSSR count). The van der Waals surface area contributed by atoms with Crippen molar-refractivity contribution in [3.05, 3.63) is 35.4 Å². The number of carbonyl (C=O) groups excluding carboxylic acids is 2. The van der Waals surface area contributed by atoms with Crippen molar-refractivity contribution in [2.75, 3.05) is 20.2 Å². The first-order chi connectivity index (χ1) is 10.7. The highest BCUT2D eigenvalue weighted by molar-refractivity contribution is 5.77. The first kappa shape index (κ1) is 18.8. The van der Waals surface area contributed by atoms with E-state index in [0.717, 1.165) is 12.1 Å². The van der Waals surface area contributed by atoms with Gasteiger partial charge < -0.3 is 15.0 Å². The minimum Gasteiger partial charge on any atom is -0.450 e. The number of nitrogens with zero attached hydrogens (tertiary/aromatic N) is 1. The summed E-state index contributed by atoms with van der Waals surface area (Å²) in [6.07, 6.45) is -4.99. The van der Waals surface area contributed by atoms with Gasteiger partial charge in [0, 0.05) is 26.6 Å². The van der Waals surface area contributed by atoms with Crippen LogP contribution in [0.1, 0.15) is 24.5 Å². The molecule has 1 aromatic rings. The van der Waals surface area contributed by atoms with Gasteiger partial charge in [0.15, 0.2) is 0 Å². The molecule has 2 amide bonds. The van der Waals surface area contributed by atoms with E-state index in [1.54, 1.807) is 6.92 Å². The minimum absolute atomic E-state index is 0.0360. The van der Waals surface area contributed by atoms with Crippen molar-refractivity contribution in [1.29, 1.82) is 0 Å². The standard InChI is InChI=1S/C15H19F3N2O3/c1-3-23-14(22)19-8-7-13(21)20(2)10-11-5-4-6-12(9-11)15(16,17)18/h4-6,9H,3,7-8,10H2,1-2H3,(H,19,22). The monoisotopic (exact) mass is 332 g/mol. The third kappa shape index (κ3) is 6.58. The van der Waals surface area contributed by atoms with Gasteiger partial charge in [0.05, 0.1) is 12.2 Å². The lowest BCUT2D eigenvalue weighted by Gasteiger charge is -2.18. The summed E-state index contributed by atoms with van der Waals surface area (Å²) in [5.74, 6) is -0.292. The molecule has 0 aliphatic heterocycles. The van der Waals surface area contributed by atoms with Crippen LogP contribution in [-0.2, 0) is 22.3 Å². The van der Waals surface area contributed by atoms with Crippen LogP contribution in [0, 0.1) is 0 Å². The van der Waals surface area contributed by atoms with Crippen molar-refractivity contribution in [3.63, 3.8) is 0 Å². The first-order valence-corrected chi connectivity index (χ1v) is 7.04. The second kappa shape index (κ2) is 8.40. The molecule has 0 bridgehead atoms. The highest BCUT2D eigenvalue weighted by Gasteiger charge is 2.30. The number of amides is 2. The van der Waals surface area contributed by atoms with E-state index < -0.39 is 17.8 Å². The Kier molecular flexibility index (Phi) is 6.87. The fraction of sp³-hybridized carbons (Fsp3) is 0.467. The van der Waals surface area contributed by atoms with Crippen LogP contribution in [0.4, 0.5) is 18.0 Å². The molecule has 0 heterocycles. The first-order valence-electron chi connectivity index (χ1n) is 7.04. The summed E-state index contributed by atoms with van der Waals surface area (Å²) in [7, 11) is 1.49. The number of ether oxygens (including phenoxy) is 1. The van der Waals surface area contributed by atoms with E-state index in [1.165, 1.54) is 24.1 Å². The molecule has 0 unspecified atom stereocenters. The number of rotatable bonds is 6. The highest BCUT2D eigenvalue weighted by Crippen LogP contribution is 2.29. The molecule has 1 aromatic carbocycles. The molecule has 0 saturated heterocycles. The highest BCUT2D eigenvalue weighted by atomic mass is 19.4. The predicted molar refractivity (Wildman–Crippen MR) is 77.6 cm³/mol. The summed E-state index contributed by atoms with van der Waals surface area (Å²) in [5, 5.41) is 2.40. The summed E-state index contributed by atoms with van der Waals surface area (Å²) in [6, 6.07) is 4.82. The normalized spacial score (nSPS) is 11.0. The van der Waals surface area contributed by atoms with Gasteiger partial charge in [-0.2, -0.15) is 13.2 Å². The summed E-state index contributed by atoms with van der Waals surface area (Å²) >= 11 is 0. The third-order valence-electron chi connectivity index (χ3n) is 2.98. The molecule has 0 fully saturated rings. The average molecular weight is 332 g/mol. The molecule has 0 saturated carbocycles. The summed E-state index contributed by atoms with van der Waals surface area (Å²) < 4.78 is 42.6. The van der Waals surface area contributed by atoms with Crippen LogP contribution in [0.3, 0.4) is 0 Å². The maximum absolute atomic E-state index is 12.6. The molecule has 0 aliphatic rings. The Morgan fingerprint density at radius 3 is 2.61 bits per heavy atom. The van der Waals surface area contributed by atoms with E-state index in [-0.39, 0.29) is 32.0 Å². The Bertz CT molecular complexity index is 547. The van der Waals surface area contributed by atoms with E-state index in [1.807, 2.05) is 0 Å². The molecule has 1 N–H and O–H groups in total. The molecule has 0 radical (unpaired) electrons. The van der Waals surface area contributed by atoms with Crippen LogP contribution < -0.4 is 5.32 Å². The van der Waals surface area contributed by atoms with Crippen LogP contribution in [0.2, 0.25) is 0 Å². The van der Waals surface area contributed by atoms with Crippen molar-refractivity contribution in [2.45, 2.75) is 26.1 Å². The number of nitrogens with one attached hydrogen (secondary N) is 1. The molecule has 0 aromatic heterocycles. The van der Waals surface area contributed by atoms with Gasteiger partial charge in [-0.25, -0.2) is 4.79 Å². The van der Waals surface area contributed by atoms with Crippen LogP contribution in [0.5, 0.6) is 0 Å². The predicted octanol–water partition coefficient (Wildman–Crippen LogP) is 2.80. The smallest absolute Gasteiger partial charge is 0.416 e. The zero-order valence-corrected chi connectivity index (χ0v) is 12.9. The maximum atomic E-state index is 12.6. The van der Waals surface area contributed by atoms with Gasteiger partial charge >= 0.3 is 12.3 Å². The summed E-state index contributed by atoms with van der Waals surface area (Å²) in [5.41, 5.74) is -0.367. The summed E-state index contributed by atoms with van der Waals surface area (Å²) in [4.78, 5) is 24.2. The van der Waals surface area contributed by atoms with E-state index in [0.29, 0.717) is 5.56 Å². The van der Waals surface area contributed by atoms with Gasteiger partial charge in [-0.15, -0.1) is 0 Å². The lowest BCUT2D eigenvalue weighted by molar-refractivity contribution is -0.137. The second-order valence-electron chi connectivity index (χ2n) is 4.85. The van der Waals surface area contributed by atoms with Gasteiger partial charge in [-0.3, -0.25) is 4.79 Å². The van der Waals surface area contributed by atoms with Crippen molar-refractivity contribution in [1.82, 2.24) is 10.2 Å². The fourth-order valence-corrected chi connectivity index (χ4v) is 1.85. The van der Waals surface area contributed by atoms with Gasteiger partial charge in [0.2, 0.25) is 5.91 Å². The largest absolute Gasteiger partial charge is 0.450 e. The zero-order valence-electron chi connectivity index (χ0n) is 12.9. The Balaban J connectivity index is 2.51. The number of hydrogen-bond donors (Lipinski definition) is 1. The topological polar surface area (TPSA) is 58.6 Å². The quantitative estimate of drug-likeness (QED) is 0.871. The average Bonchev–Trinajstić information content (AvgIpc) is 2.46. The molecular formula is C15H19F3N2O3. The molecule has 23 heavy (non-hydrogen) atoms. The number of alkyl halides is 3. The van der Waals surface area contributed by atoms with Gasteiger partial charge in [0.1, 0.15) is 0 Å². The second-order valence-corrected chi connectivity index (χ2v) is 4.85. The number of carbonyl (C=O) groups is 2. The van der Waals surface area contributed by atoms with Gasteiger partial charge in [-0.1, -0.05) is 12.1 Å². The number of halogens is 3. The lowest BCUT2D eigenvalue weighted by atomic mass is 10.1. The van der Waals surface area contributed by atoms with Gasteiger partial charge in [-0.05, 0) is 24.6 Å². The Morgan fingerprint density at radius 2 is 2.00 bits per heavy atom. The van der Waals surface area contributed by atoms with Gasteiger partial charge in [0.25, 0.3) is 0 Å². The Hall–Kier alpha value is -2.25. The maximum Gasteiger partial charge on any atom is 0.416 e. The molecule has 0 spiro atoms. The van der Waals surface area contributed by atoms with Crippen molar-refractivity contribution in [2.24, 2.45) is 0 Å².